The van der Waals surface area contributed by atoms with Crippen LogP contribution in [0.3, 0.4) is 0 Å². The molecule has 0 radical (unpaired) electrons. The number of unbranched alkanes of at least 4 members (excludes halogenated alkanes) is 1. The van der Waals surface area contributed by atoms with Crippen LogP contribution in [-0.2, 0) is 9.31 Å². The van der Waals surface area contributed by atoms with Crippen molar-refractivity contribution >= 4 is 7.12 Å². The molecule has 0 aliphatic carbocycles. The Hall–Kier alpha value is -0.535. The standard InChI is InChI=1S/C13H23BO2/c1-5-7-8-9-12(6-2)14-15-10-13(3,4)11-16-14/h5-6,12H,1-2,7-11H2,3-4H3/t12-/m1/s1. The van der Waals surface area contributed by atoms with Gasteiger partial charge in [-0.05, 0) is 19.3 Å². The van der Waals surface area contributed by atoms with Crippen molar-refractivity contribution in [3.8, 4) is 0 Å². The average molecular weight is 222 g/mol. The van der Waals surface area contributed by atoms with E-state index >= 15 is 0 Å². The van der Waals surface area contributed by atoms with Crippen molar-refractivity contribution in [3.63, 3.8) is 0 Å². The SMILES string of the molecule is C=CCCC[C@@H](C=C)B1OCC(C)(C)CO1. The summed E-state index contributed by atoms with van der Waals surface area (Å²) in [6, 6.07) is 0. The molecule has 3 heteroatoms. The maximum Gasteiger partial charge on any atom is 0.464 e. The van der Waals surface area contributed by atoms with Gasteiger partial charge in [-0.1, -0.05) is 26.0 Å². The minimum Gasteiger partial charge on any atom is -0.410 e. The first-order valence-electron chi connectivity index (χ1n) is 6.06. The lowest BCUT2D eigenvalue weighted by atomic mass is 9.67. The molecule has 0 aromatic rings. The first kappa shape index (κ1) is 13.5. The van der Waals surface area contributed by atoms with E-state index in [0.29, 0.717) is 5.82 Å². The second kappa shape index (κ2) is 6.26. The van der Waals surface area contributed by atoms with Gasteiger partial charge in [-0.25, -0.2) is 0 Å². The number of hydrogen-bond acceptors (Lipinski definition) is 2. The zero-order valence-electron chi connectivity index (χ0n) is 10.6. The lowest BCUT2D eigenvalue weighted by Crippen LogP contribution is -2.42. The van der Waals surface area contributed by atoms with Crippen LogP contribution in [-0.4, -0.2) is 20.3 Å². The lowest BCUT2D eigenvalue weighted by Gasteiger charge is -2.35. The molecule has 0 amide bonds. The van der Waals surface area contributed by atoms with Gasteiger partial charge in [0.05, 0.1) is 0 Å². The molecular formula is C13H23BO2. The van der Waals surface area contributed by atoms with Crippen LogP contribution >= 0.6 is 0 Å². The summed E-state index contributed by atoms with van der Waals surface area (Å²) in [7, 11) is -0.102. The molecule has 16 heavy (non-hydrogen) atoms. The predicted octanol–water partition coefficient (Wildman–Crippen LogP) is 3.46. The number of rotatable bonds is 6. The fraction of sp³-hybridized carbons (Fsp3) is 0.692. The Morgan fingerprint density at radius 1 is 1.31 bits per heavy atom. The molecule has 1 fully saturated rings. The molecule has 1 rings (SSSR count). The van der Waals surface area contributed by atoms with Gasteiger partial charge in [-0.15, -0.1) is 13.2 Å². The van der Waals surface area contributed by atoms with Crippen molar-refractivity contribution in [2.24, 2.45) is 5.41 Å². The van der Waals surface area contributed by atoms with Crippen molar-refractivity contribution in [3.05, 3.63) is 25.3 Å². The average Bonchev–Trinajstić information content (AvgIpc) is 2.25. The highest BCUT2D eigenvalue weighted by atomic mass is 16.6. The van der Waals surface area contributed by atoms with Crippen LogP contribution in [0.5, 0.6) is 0 Å². The topological polar surface area (TPSA) is 18.5 Å². The Kier molecular flexibility index (Phi) is 5.30. The summed E-state index contributed by atoms with van der Waals surface area (Å²) in [5, 5.41) is 0. The quantitative estimate of drug-likeness (QED) is 0.389. The Balaban J connectivity index is 2.36. The maximum atomic E-state index is 5.76. The van der Waals surface area contributed by atoms with Crippen molar-refractivity contribution < 1.29 is 9.31 Å². The summed E-state index contributed by atoms with van der Waals surface area (Å²) in [6.45, 7) is 13.4. The summed E-state index contributed by atoms with van der Waals surface area (Å²) in [4.78, 5) is 0. The van der Waals surface area contributed by atoms with Crippen LogP contribution in [0.2, 0.25) is 5.82 Å². The normalized spacial score (nSPS) is 21.5. The zero-order chi connectivity index (χ0) is 12.0. The van der Waals surface area contributed by atoms with E-state index in [1.807, 2.05) is 12.2 Å². The van der Waals surface area contributed by atoms with Crippen molar-refractivity contribution in [2.45, 2.75) is 38.9 Å². The van der Waals surface area contributed by atoms with E-state index in [0.717, 1.165) is 32.5 Å². The van der Waals surface area contributed by atoms with Crippen LogP contribution in [0.1, 0.15) is 33.1 Å². The molecule has 0 aromatic carbocycles. The number of hydrogen-bond donors (Lipinski definition) is 0. The summed E-state index contributed by atoms with van der Waals surface area (Å²) >= 11 is 0. The monoisotopic (exact) mass is 222 g/mol. The summed E-state index contributed by atoms with van der Waals surface area (Å²) in [6.07, 6.45) is 7.12. The highest BCUT2D eigenvalue weighted by molar-refractivity contribution is 6.47. The third kappa shape index (κ3) is 4.15. The molecular weight excluding hydrogens is 199 g/mol. The minimum atomic E-state index is -0.102. The van der Waals surface area contributed by atoms with Gasteiger partial charge < -0.3 is 9.31 Å². The Morgan fingerprint density at radius 3 is 2.44 bits per heavy atom. The van der Waals surface area contributed by atoms with Crippen LogP contribution < -0.4 is 0 Å². The van der Waals surface area contributed by atoms with Crippen LogP contribution in [0.4, 0.5) is 0 Å². The Morgan fingerprint density at radius 2 is 1.94 bits per heavy atom. The molecule has 1 aliphatic rings. The molecule has 0 unspecified atom stereocenters. The van der Waals surface area contributed by atoms with Gasteiger partial charge in [0.1, 0.15) is 0 Å². The van der Waals surface area contributed by atoms with Crippen LogP contribution in [0, 0.1) is 5.41 Å². The van der Waals surface area contributed by atoms with E-state index in [1.54, 1.807) is 0 Å². The molecule has 1 heterocycles. The molecule has 2 nitrogen and oxygen atoms in total. The van der Waals surface area contributed by atoms with Gasteiger partial charge in [0.25, 0.3) is 0 Å². The second-order valence-corrected chi connectivity index (χ2v) is 5.27. The fourth-order valence-electron chi connectivity index (χ4n) is 1.82. The largest absolute Gasteiger partial charge is 0.464 e. The van der Waals surface area contributed by atoms with Crippen molar-refractivity contribution in [1.29, 1.82) is 0 Å². The Bertz CT molecular complexity index is 228. The third-order valence-corrected chi connectivity index (χ3v) is 2.87. The fourth-order valence-corrected chi connectivity index (χ4v) is 1.82. The Labute approximate surface area is 99.9 Å². The van der Waals surface area contributed by atoms with Crippen LogP contribution in [0.25, 0.3) is 0 Å². The van der Waals surface area contributed by atoms with E-state index < -0.39 is 0 Å². The summed E-state index contributed by atoms with van der Waals surface area (Å²) in [5.74, 6) is 0.302. The molecule has 90 valence electrons. The van der Waals surface area contributed by atoms with Gasteiger partial charge in [0.15, 0.2) is 0 Å². The second-order valence-electron chi connectivity index (χ2n) is 5.27. The summed E-state index contributed by atoms with van der Waals surface area (Å²) < 4.78 is 11.5. The summed E-state index contributed by atoms with van der Waals surface area (Å²) in [5.41, 5.74) is 0.142. The molecule has 0 aromatic heterocycles. The smallest absolute Gasteiger partial charge is 0.410 e. The minimum absolute atomic E-state index is 0.102. The molecule has 0 bridgehead atoms. The van der Waals surface area contributed by atoms with Crippen LogP contribution in [0.15, 0.2) is 25.3 Å². The van der Waals surface area contributed by atoms with Gasteiger partial charge in [0.2, 0.25) is 0 Å². The van der Waals surface area contributed by atoms with Gasteiger partial charge in [-0.2, -0.15) is 0 Å². The molecule has 1 saturated heterocycles. The molecule has 1 aliphatic heterocycles. The van der Waals surface area contributed by atoms with Crippen molar-refractivity contribution in [2.75, 3.05) is 13.2 Å². The van der Waals surface area contributed by atoms with E-state index in [4.69, 9.17) is 9.31 Å². The first-order chi connectivity index (χ1) is 7.59. The van der Waals surface area contributed by atoms with E-state index in [1.165, 1.54) is 0 Å². The highest BCUT2D eigenvalue weighted by Gasteiger charge is 2.36. The number of allylic oxidation sites excluding steroid dienone is 2. The van der Waals surface area contributed by atoms with E-state index in [2.05, 4.69) is 27.0 Å². The molecule has 0 spiro atoms. The zero-order valence-corrected chi connectivity index (χ0v) is 10.6. The van der Waals surface area contributed by atoms with Gasteiger partial charge >= 0.3 is 7.12 Å². The first-order valence-corrected chi connectivity index (χ1v) is 6.06. The van der Waals surface area contributed by atoms with E-state index in [9.17, 15) is 0 Å². The maximum absolute atomic E-state index is 5.76. The predicted molar refractivity (Wildman–Crippen MR) is 69.4 cm³/mol. The van der Waals surface area contributed by atoms with Gasteiger partial charge in [-0.3, -0.25) is 0 Å². The third-order valence-electron chi connectivity index (χ3n) is 2.87. The lowest BCUT2D eigenvalue weighted by molar-refractivity contribution is 0.0253. The molecule has 1 atom stereocenters. The van der Waals surface area contributed by atoms with E-state index in [-0.39, 0.29) is 12.5 Å². The van der Waals surface area contributed by atoms with Crippen molar-refractivity contribution in [1.82, 2.24) is 0 Å². The molecule has 0 saturated carbocycles. The van der Waals surface area contributed by atoms with Gasteiger partial charge in [0, 0.05) is 24.4 Å². The highest BCUT2D eigenvalue weighted by Crippen LogP contribution is 2.29. The molecule has 0 N–H and O–H groups in total.